The van der Waals surface area contributed by atoms with Gasteiger partial charge in [0.1, 0.15) is 18.2 Å². The van der Waals surface area contributed by atoms with Crippen LogP contribution in [-0.4, -0.2) is 13.5 Å². The van der Waals surface area contributed by atoms with Crippen LogP contribution >= 0.6 is 23.2 Å². The Kier molecular flexibility index (Phi) is 4.24. The van der Waals surface area contributed by atoms with E-state index >= 15 is 0 Å². The van der Waals surface area contributed by atoms with E-state index in [1.165, 1.54) is 12.1 Å². The van der Waals surface area contributed by atoms with Gasteiger partial charge in [-0.05, 0) is 24.3 Å². The van der Waals surface area contributed by atoms with E-state index in [2.05, 4.69) is 4.72 Å². The van der Waals surface area contributed by atoms with Gasteiger partial charge in [-0.2, -0.15) is 8.42 Å². The highest BCUT2D eigenvalue weighted by atomic mass is 35.5. The van der Waals surface area contributed by atoms with Gasteiger partial charge in [0.2, 0.25) is 5.09 Å². The van der Waals surface area contributed by atoms with E-state index in [0.717, 1.165) is 12.1 Å². The molecule has 1 aromatic heterocycles. The maximum atomic E-state index is 13.0. The summed E-state index contributed by atoms with van der Waals surface area (Å²) in [6.07, 6.45) is 0. The molecule has 0 atom stereocenters. The van der Waals surface area contributed by atoms with Crippen molar-refractivity contribution in [3.8, 4) is 0 Å². The molecule has 9 heteroatoms. The molecular formula is C11H8Cl2FNO4S. The molecule has 2 aromatic rings. The van der Waals surface area contributed by atoms with E-state index in [1.54, 1.807) is 0 Å². The van der Waals surface area contributed by atoms with Crippen molar-refractivity contribution in [3.05, 3.63) is 45.9 Å². The first-order valence-corrected chi connectivity index (χ1v) is 7.44. The number of hydrogen-bond donors (Lipinski definition) is 2. The molecule has 0 amide bonds. The molecular weight excluding hydrogens is 332 g/mol. The van der Waals surface area contributed by atoms with E-state index in [-0.39, 0.29) is 21.5 Å². The lowest BCUT2D eigenvalue weighted by Crippen LogP contribution is -2.13. The lowest BCUT2D eigenvalue weighted by atomic mass is 10.3. The topological polar surface area (TPSA) is 79.5 Å². The van der Waals surface area contributed by atoms with Crippen LogP contribution in [0.25, 0.3) is 0 Å². The minimum atomic E-state index is -4.08. The number of sulfonamides is 1. The zero-order valence-corrected chi connectivity index (χ0v) is 12.1. The van der Waals surface area contributed by atoms with Gasteiger partial charge in [0.05, 0.1) is 15.7 Å². The van der Waals surface area contributed by atoms with Crippen LogP contribution in [0.15, 0.2) is 33.8 Å². The summed E-state index contributed by atoms with van der Waals surface area (Å²) >= 11 is 11.5. The molecule has 0 spiro atoms. The van der Waals surface area contributed by atoms with Crippen molar-refractivity contribution in [2.24, 2.45) is 0 Å². The first-order valence-electron chi connectivity index (χ1n) is 5.20. The second-order valence-corrected chi connectivity index (χ2v) is 6.16. The average molecular weight is 340 g/mol. The normalized spacial score (nSPS) is 11.6. The monoisotopic (exact) mass is 339 g/mol. The third-order valence-electron chi connectivity index (χ3n) is 2.30. The molecule has 0 radical (unpaired) electrons. The van der Waals surface area contributed by atoms with Gasteiger partial charge in [-0.15, -0.1) is 0 Å². The van der Waals surface area contributed by atoms with E-state index < -0.39 is 27.5 Å². The number of benzene rings is 1. The Morgan fingerprint density at radius 3 is 2.35 bits per heavy atom. The zero-order chi connectivity index (χ0) is 14.9. The average Bonchev–Trinajstić information content (AvgIpc) is 2.83. The van der Waals surface area contributed by atoms with Gasteiger partial charge in [0.25, 0.3) is 10.0 Å². The molecule has 0 aliphatic rings. The van der Waals surface area contributed by atoms with Crippen LogP contribution in [0.5, 0.6) is 0 Å². The molecule has 20 heavy (non-hydrogen) atoms. The maximum Gasteiger partial charge on any atom is 0.295 e. The van der Waals surface area contributed by atoms with Crippen molar-refractivity contribution in [1.29, 1.82) is 0 Å². The third-order valence-corrected chi connectivity index (χ3v) is 4.12. The predicted molar refractivity (Wildman–Crippen MR) is 71.9 cm³/mol. The van der Waals surface area contributed by atoms with Crippen LogP contribution < -0.4 is 4.72 Å². The minimum absolute atomic E-state index is 0.0849. The number of hydrogen-bond acceptors (Lipinski definition) is 4. The molecule has 0 fully saturated rings. The summed E-state index contributed by atoms with van der Waals surface area (Å²) in [5.74, 6) is -0.606. The second-order valence-electron chi connectivity index (χ2n) is 3.73. The van der Waals surface area contributed by atoms with Gasteiger partial charge in [0, 0.05) is 0 Å². The van der Waals surface area contributed by atoms with Gasteiger partial charge in [-0.25, -0.2) is 4.39 Å². The van der Waals surface area contributed by atoms with Crippen LogP contribution in [0.1, 0.15) is 5.76 Å². The second kappa shape index (κ2) is 5.61. The molecule has 2 N–H and O–H groups in total. The molecule has 0 saturated carbocycles. The molecule has 5 nitrogen and oxygen atoms in total. The van der Waals surface area contributed by atoms with E-state index in [9.17, 15) is 12.8 Å². The standard InChI is InChI=1S/C11H8Cl2FNO4S/c12-8-3-6(14)4-9(13)11(8)15-20(17,18)10-2-1-7(5-16)19-10/h1-4,15-16H,5H2. The fourth-order valence-electron chi connectivity index (χ4n) is 1.41. The Bertz CT molecular complexity index is 722. The highest BCUT2D eigenvalue weighted by Crippen LogP contribution is 2.33. The summed E-state index contributed by atoms with van der Waals surface area (Å²) in [4.78, 5) is 0. The van der Waals surface area contributed by atoms with Gasteiger partial charge < -0.3 is 9.52 Å². The summed E-state index contributed by atoms with van der Waals surface area (Å²) in [6, 6.07) is 4.32. The number of furan rings is 1. The van der Waals surface area contributed by atoms with Crippen LogP contribution in [0.4, 0.5) is 10.1 Å². The minimum Gasteiger partial charge on any atom is -0.445 e. The molecule has 0 aliphatic heterocycles. The Morgan fingerprint density at radius 1 is 1.25 bits per heavy atom. The molecule has 0 bridgehead atoms. The molecule has 1 aromatic carbocycles. The summed E-state index contributed by atoms with van der Waals surface area (Å²) in [7, 11) is -4.08. The van der Waals surface area contributed by atoms with E-state index in [1.807, 2.05) is 0 Å². The lowest BCUT2D eigenvalue weighted by Gasteiger charge is -2.09. The summed E-state index contributed by atoms with van der Waals surface area (Å²) in [5, 5.41) is 8.04. The van der Waals surface area contributed by atoms with Gasteiger partial charge >= 0.3 is 0 Å². The van der Waals surface area contributed by atoms with Crippen molar-refractivity contribution in [3.63, 3.8) is 0 Å². The van der Waals surface area contributed by atoms with Gasteiger partial charge in [-0.1, -0.05) is 23.2 Å². The van der Waals surface area contributed by atoms with Gasteiger partial charge in [0.15, 0.2) is 0 Å². The number of nitrogens with one attached hydrogen (secondary N) is 1. The number of anilines is 1. The van der Waals surface area contributed by atoms with Crippen molar-refractivity contribution < 1.29 is 22.3 Å². The fourth-order valence-corrected chi connectivity index (χ4v) is 3.13. The first kappa shape index (κ1) is 15.1. The maximum absolute atomic E-state index is 13.0. The smallest absolute Gasteiger partial charge is 0.295 e. The number of aliphatic hydroxyl groups is 1. The lowest BCUT2D eigenvalue weighted by molar-refractivity contribution is 0.236. The van der Waals surface area contributed by atoms with Crippen molar-refractivity contribution in [2.45, 2.75) is 11.7 Å². The number of halogens is 3. The largest absolute Gasteiger partial charge is 0.445 e. The number of rotatable bonds is 4. The first-order chi connectivity index (χ1) is 9.33. The van der Waals surface area contributed by atoms with Crippen molar-refractivity contribution in [1.82, 2.24) is 0 Å². The summed E-state index contributed by atoms with van der Waals surface area (Å²) in [5.41, 5.74) is -0.156. The Balaban J connectivity index is 2.38. The highest BCUT2D eigenvalue weighted by molar-refractivity contribution is 7.92. The van der Waals surface area contributed by atoms with Crippen LogP contribution in [-0.2, 0) is 16.6 Å². The molecule has 0 saturated heterocycles. The van der Waals surface area contributed by atoms with E-state index in [4.69, 9.17) is 32.7 Å². The Hall–Kier alpha value is -1.28. The van der Waals surface area contributed by atoms with Gasteiger partial charge in [-0.3, -0.25) is 4.72 Å². The highest BCUT2D eigenvalue weighted by Gasteiger charge is 2.22. The van der Waals surface area contributed by atoms with Crippen molar-refractivity contribution >= 4 is 38.9 Å². The quantitative estimate of drug-likeness (QED) is 0.897. The predicted octanol–water partition coefficient (Wildman–Crippen LogP) is 3.02. The Labute approximate surface area is 124 Å². The van der Waals surface area contributed by atoms with Crippen LogP contribution in [0, 0.1) is 5.82 Å². The molecule has 1 heterocycles. The molecule has 0 unspecified atom stereocenters. The SMILES string of the molecule is O=S(=O)(Nc1c(Cl)cc(F)cc1Cl)c1ccc(CO)o1. The summed E-state index contributed by atoms with van der Waals surface area (Å²) < 4.78 is 44.1. The third kappa shape index (κ3) is 3.06. The zero-order valence-electron chi connectivity index (χ0n) is 9.73. The van der Waals surface area contributed by atoms with Crippen LogP contribution in [0.2, 0.25) is 10.0 Å². The van der Waals surface area contributed by atoms with Crippen molar-refractivity contribution in [2.75, 3.05) is 4.72 Å². The van der Waals surface area contributed by atoms with E-state index in [0.29, 0.717) is 0 Å². The molecule has 108 valence electrons. The number of aliphatic hydroxyl groups excluding tert-OH is 1. The fraction of sp³-hybridized carbons (Fsp3) is 0.0909. The molecule has 2 rings (SSSR count). The molecule has 0 aliphatic carbocycles. The van der Waals surface area contributed by atoms with Crippen LogP contribution in [0.3, 0.4) is 0 Å². The Morgan fingerprint density at radius 2 is 1.85 bits per heavy atom. The summed E-state index contributed by atoms with van der Waals surface area (Å²) in [6.45, 7) is -0.437.